The van der Waals surface area contributed by atoms with Crippen molar-refractivity contribution in [2.24, 2.45) is 0 Å². The predicted octanol–water partition coefficient (Wildman–Crippen LogP) is 16.4. The Morgan fingerprint density at radius 1 is 0.366 bits per heavy atom. The molecule has 0 saturated carbocycles. The van der Waals surface area contributed by atoms with E-state index in [0.717, 1.165) is 120 Å². The van der Waals surface area contributed by atoms with Crippen molar-refractivity contribution in [1.82, 2.24) is 29.7 Å². The summed E-state index contributed by atoms with van der Waals surface area (Å²) in [6.07, 6.45) is 14.1. The maximum absolute atomic E-state index is 13.0. The molecule has 0 aliphatic carbocycles. The van der Waals surface area contributed by atoms with Crippen LogP contribution in [-0.4, -0.2) is 121 Å². The van der Waals surface area contributed by atoms with Crippen molar-refractivity contribution in [3.8, 4) is 0 Å². The number of rotatable bonds is 18. The van der Waals surface area contributed by atoms with Gasteiger partial charge in [0.05, 0.1) is 5.02 Å². The highest BCUT2D eigenvalue weighted by atomic mass is 79.9. The number of anilines is 3. The van der Waals surface area contributed by atoms with Crippen LogP contribution in [-0.2, 0) is 19.3 Å². The number of carbonyl (C=O) groups excluding carboxylic acids is 6. The lowest BCUT2D eigenvalue weighted by atomic mass is 9.96. The van der Waals surface area contributed by atoms with E-state index in [4.69, 9.17) is 27.8 Å². The minimum Gasteiger partial charge on any atom is -0.357 e. The van der Waals surface area contributed by atoms with Crippen LogP contribution in [0.25, 0.3) is 0 Å². The molecule has 18 nitrogen and oxygen atoms in total. The van der Waals surface area contributed by atoms with Crippen molar-refractivity contribution in [1.29, 1.82) is 16.2 Å². The zero-order chi connectivity index (χ0) is 71.5. The molecule has 3 aromatic heterocycles. The van der Waals surface area contributed by atoms with Gasteiger partial charge in [-0.15, -0.1) is 0 Å². The number of likely N-dealkylation sites (tertiary alicyclic amines) is 3. The number of halogens is 3. The second-order valence-corrected chi connectivity index (χ2v) is 27.6. The second kappa shape index (κ2) is 35.3. The van der Waals surface area contributed by atoms with E-state index in [1.807, 2.05) is 93.6 Å². The number of carbonyl (C=O) groups is 6. The molecule has 6 N–H and O–H groups in total. The predicted molar refractivity (Wildman–Crippen MR) is 406 cm³/mol. The molecule has 3 aliphatic heterocycles. The quantitative estimate of drug-likeness (QED) is 0.0266. The van der Waals surface area contributed by atoms with Gasteiger partial charge in [0, 0.05) is 136 Å². The Labute approximate surface area is 610 Å². The molecule has 0 bridgehead atoms. The molecule has 0 atom stereocenters. The minimum absolute atomic E-state index is 0.0734. The summed E-state index contributed by atoms with van der Waals surface area (Å²) in [6.45, 7) is 11.2. The largest absolute Gasteiger partial charge is 0.357 e. The SMILES string of the molecule is Cc1ccc(CC(=O)c2ccc(C(=N)N3CCCC3)cc2)c(C(=O)Nc2ccc(Br)cn2)c1.Cc1ccc(CC(=O)c2ccc(C(=N)N3CCCCC3)cc2)c(C(=O)Nc2ccc(Br)cn2)c1.Cc1ccc(CC(=O)c2ccc(C(=N)N3CCCCC3)cc2)c(C(=O)Nc2ccc(Cl)cn2)c1. The van der Waals surface area contributed by atoms with Gasteiger partial charge in [-0.2, -0.15) is 0 Å². The zero-order valence-corrected chi connectivity index (χ0v) is 60.5. The van der Waals surface area contributed by atoms with Gasteiger partial charge < -0.3 is 30.7 Å². The first kappa shape index (κ1) is 73.6. The van der Waals surface area contributed by atoms with Crippen LogP contribution in [0.2, 0.25) is 5.02 Å². The van der Waals surface area contributed by atoms with Crippen molar-refractivity contribution < 1.29 is 28.8 Å². The Hall–Kier alpha value is -10.2. The Morgan fingerprint density at radius 3 is 0.901 bits per heavy atom. The first-order chi connectivity index (χ1) is 48.7. The second-order valence-electron chi connectivity index (χ2n) is 25.3. The smallest absolute Gasteiger partial charge is 0.257 e. The molecule has 3 saturated heterocycles. The lowest BCUT2D eigenvalue weighted by Crippen LogP contribution is -2.35. The highest BCUT2D eigenvalue weighted by Crippen LogP contribution is 2.25. The molecule has 0 spiro atoms. The average Bonchev–Trinajstić information content (AvgIpc) is 1.57. The molecule has 0 unspecified atom stereocenters. The molecular formula is C80H79Br2ClN12O6. The van der Waals surface area contributed by atoms with Crippen LogP contribution >= 0.6 is 43.5 Å². The molecule has 3 aliphatic rings. The van der Waals surface area contributed by atoms with Crippen LogP contribution in [0.1, 0.15) is 164 Å². The first-order valence-electron chi connectivity index (χ1n) is 33.7. The van der Waals surface area contributed by atoms with Gasteiger partial charge in [0.15, 0.2) is 17.3 Å². The van der Waals surface area contributed by atoms with Gasteiger partial charge in [0.2, 0.25) is 0 Å². The van der Waals surface area contributed by atoms with Crippen LogP contribution < -0.4 is 16.0 Å². The van der Waals surface area contributed by atoms with Gasteiger partial charge in [0.25, 0.3) is 17.7 Å². The van der Waals surface area contributed by atoms with Gasteiger partial charge in [-0.25, -0.2) is 15.0 Å². The number of aryl methyl sites for hydroxylation is 3. The van der Waals surface area contributed by atoms with Gasteiger partial charge in [-0.3, -0.25) is 45.0 Å². The fourth-order valence-corrected chi connectivity index (χ4v) is 12.6. The van der Waals surface area contributed by atoms with E-state index in [-0.39, 0.29) is 54.3 Å². The number of amidine groups is 3. The van der Waals surface area contributed by atoms with Gasteiger partial charge in [0.1, 0.15) is 35.0 Å². The van der Waals surface area contributed by atoms with Gasteiger partial charge in [-0.1, -0.05) is 137 Å². The maximum Gasteiger partial charge on any atom is 0.257 e. The van der Waals surface area contributed by atoms with Crippen LogP contribution in [0.15, 0.2) is 191 Å². The Balaban J connectivity index is 0.000000163. The number of aromatic nitrogens is 3. The number of piperidine rings is 2. The van der Waals surface area contributed by atoms with Crippen molar-refractivity contribution >= 4 is 113 Å². The summed E-state index contributed by atoms with van der Waals surface area (Å²) < 4.78 is 1.65. The lowest BCUT2D eigenvalue weighted by Gasteiger charge is -2.29. The van der Waals surface area contributed by atoms with Crippen LogP contribution in [0, 0.1) is 37.0 Å². The molecular weight excluding hydrogens is 1420 g/mol. The lowest BCUT2D eigenvalue weighted by molar-refractivity contribution is 0.0980. The maximum atomic E-state index is 13.0. The summed E-state index contributed by atoms with van der Waals surface area (Å²) in [7, 11) is 0. The first-order valence-corrected chi connectivity index (χ1v) is 35.7. The minimum atomic E-state index is -0.327. The third-order valence-electron chi connectivity index (χ3n) is 17.7. The molecule has 9 aromatic rings. The van der Waals surface area contributed by atoms with Crippen molar-refractivity contribution in [3.63, 3.8) is 0 Å². The van der Waals surface area contributed by atoms with Crippen molar-refractivity contribution in [2.45, 2.75) is 91.4 Å². The van der Waals surface area contributed by atoms with Crippen LogP contribution in [0.4, 0.5) is 17.5 Å². The van der Waals surface area contributed by atoms with E-state index in [9.17, 15) is 28.8 Å². The third kappa shape index (κ3) is 20.5. The summed E-state index contributed by atoms with van der Waals surface area (Å²) in [5.74, 6) is 1.64. The summed E-state index contributed by atoms with van der Waals surface area (Å²) in [5.41, 5.74) is 10.2. The number of hydrogen-bond donors (Lipinski definition) is 6. The molecule has 6 heterocycles. The molecule has 12 rings (SSSR count). The van der Waals surface area contributed by atoms with E-state index in [1.165, 1.54) is 19.0 Å². The van der Waals surface area contributed by atoms with E-state index in [0.29, 0.717) is 90.1 Å². The Morgan fingerprint density at radius 2 is 0.634 bits per heavy atom. The highest BCUT2D eigenvalue weighted by Gasteiger charge is 2.23. The van der Waals surface area contributed by atoms with Crippen LogP contribution in [0.3, 0.4) is 0 Å². The van der Waals surface area contributed by atoms with E-state index in [2.05, 4.69) is 77.5 Å². The Kier molecular flexibility index (Phi) is 25.7. The monoisotopic (exact) mass is 1500 g/mol. The molecule has 3 amide bonds. The number of Topliss-reactive ketones (excluding diaryl/α,β-unsaturated/α-hetero) is 3. The molecule has 101 heavy (non-hydrogen) atoms. The number of hydrogen-bond acceptors (Lipinski definition) is 12. The Bertz CT molecular complexity index is 4310. The standard InChI is InChI=1S/C27H27BrN4O2.C27H27ClN4O2.C26H25BrN4O2/c2*1-18-5-6-21(23(15-18)27(34)31-25-12-11-22(28)17-30-25)16-24(33)19-7-9-20(10-8-19)26(29)32-13-3-2-4-14-32;1-17-4-5-20(22(14-17)26(33)30-24-11-10-21(27)16-29-24)15-23(32)18-6-8-19(9-7-18)25(28)31-12-2-3-13-31/h2*5-12,15,17,29H,2-4,13-14,16H2,1H3,(H,30,31,34);4-11,14,16,28H,2-3,12-13,15H2,1H3,(H,29,30,33). The summed E-state index contributed by atoms with van der Waals surface area (Å²) in [6, 6.07) is 48.5. The third-order valence-corrected chi connectivity index (χ3v) is 18.9. The summed E-state index contributed by atoms with van der Waals surface area (Å²) in [4.78, 5) is 96.6. The molecule has 6 aromatic carbocycles. The van der Waals surface area contributed by atoms with E-state index < -0.39 is 0 Å². The fraction of sp³-hybridized carbons (Fsp3) is 0.250. The van der Waals surface area contributed by atoms with Gasteiger partial charge in [-0.05, 0) is 175 Å². The molecule has 21 heteroatoms. The number of benzene rings is 6. The van der Waals surface area contributed by atoms with E-state index in [1.54, 1.807) is 103 Å². The summed E-state index contributed by atoms with van der Waals surface area (Å²) in [5, 5.41) is 34.2. The fourth-order valence-electron chi connectivity index (χ4n) is 12.1. The molecule has 3 fully saturated rings. The number of nitrogens with one attached hydrogen (secondary N) is 6. The number of nitrogens with zero attached hydrogens (tertiary/aromatic N) is 6. The van der Waals surface area contributed by atoms with Crippen molar-refractivity contribution in [2.75, 3.05) is 55.2 Å². The van der Waals surface area contributed by atoms with Gasteiger partial charge >= 0.3 is 0 Å². The zero-order valence-electron chi connectivity index (χ0n) is 56.6. The normalized spacial score (nSPS) is 13.3. The highest BCUT2D eigenvalue weighted by molar-refractivity contribution is 9.10. The topological polar surface area (TPSA) is 258 Å². The number of pyridine rings is 3. The summed E-state index contributed by atoms with van der Waals surface area (Å²) >= 11 is 12.5. The molecule has 516 valence electrons. The number of amides is 3. The van der Waals surface area contributed by atoms with Crippen molar-refractivity contribution in [3.05, 3.63) is 280 Å². The van der Waals surface area contributed by atoms with E-state index >= 15 is 0 Å². The average molecular weight is 1500 g/mol. The van der Waals surface area contributed by atoms with Crippen LogP contribution in [0.5, 0.6) is 0 Å². The number of ketones is 3. The molecule has 0 radical (unpaired) electrons.